The summed E-state index contributed by atoms with van der Waals surface area (Å²) in [5.41, 5.74) is 1.13. The van der Waals surface area contributed by atoms with Crippen LogP contribution in [-0.4, -0.2) is 18.1 Å². The maximum Gasteiger partial charge on any atom is 0.335 e. The minimum Gasteiger partial charge on any atom is -0.478 e. The van der Waals surface area contributed by atoms with Crippen molar-refractivity contribution in [2.45, 2.75) is 6.54 Å². The molecule has 17 heavy (non-hydrogen) atoms. The summed E-state index contributed by atoms with van der Waals surface area (Å²) in [4.78, 5) is 12.8. The van der Waals surface area contributed by atoms with E-state index in [-0.39, 0.29) is 5.56 Å². The molecule has 0 saturated heterocycles. The van der Waals surface area contributed by atoms with Crippen LogP contribution in [0.1, 0.15) is 16.1 Å². The van der Waals surface area contributed by atoms with E-state index < -0.39 is 5.97 Å². The van der Waals surface area contributed by atoms with Crippen LogP contribution in [0.25, 0.3) is 0 Å². The van der Waals surface area contributed by atoms with Crippen LogP contribution >= 0.6 is 0 Å². The van der Waals surface area contributed by atoms with E-state index in [4.69, 9.17) is 9.52 Å². The Morgan fingerprint density at radius 3 is 2.82 bits per heavy atom. The number of aromatic carboxylic acids is 1. The normalized spacial score (nSPS) is 10.2. The third-order valence-electron chi connectivity index (χ3n) is 2.51. The molecule has 0 aliphatic rings. The second-order valence-corrected chi connectivity index (χ2v) is 3.79. The Kier molecular flexibility index (Phi) is 3.14. The van der Waals surface area contributed by atoms with E-state index in [2.05, 4.69) is 0 Å². The number of rotatable bonds is 4. The first-order valence-corrected chi connectivity index (χ1v) is 5.23. The van der Waals surface area contributed by atoms with E-state index in [1.165, 1.54) is 0 Å². The van der Waals surface area contributed by atoms with Gasteiger partial charge in [-0.25, -0.2) is 4.79 Å². The topological polar surface area (TPSA) is 53.7 Å². The van der Waals surface area contributed by atoms with Gasteiger partial charge in [0, 0.05) is 12.7 Å². The average Bonchev–Trinajstić information content (AvgIpc) is 2.82. The lowest BCUT2D eigenvalue weighted by atomic mass is 10.2. The molecule has 0 aliphatic carbocycles. The number of hydrogen-bond acceptors (Lipinski definition) is 3. The van der Waals surface area contributed by atoms with Crippen molar-refractivity contribution in [2.75, 3.05) is 11.9 Å². The number of anilines is 1. The van der Waals surface area contributed by atoms with E-state index in [0.29, 0.717) is 6.54 Å². The molecular formula is C13H13NO3. The minimum atomic E-state index is -0.918. The van der Waals surface area contributed by atoms with Crippen LogP contribution in [0.5, 0.6) is 0 Å². The number of benzene rings is 1. The van der Waals surface area contributed by atoms with E-state index >= 15 is 0 Å². The molecule has 0 bridgehead atoms. The van der Waals surface area contributed by atoms with Gasteiger partial charge in [0.05, 0.1) is 18.4 Å². The molecule has 2 aromatic rings. The maximum absolute atomic E-state index is 10.9. The van der Waals surface area contributed by atoms with E-state index in [1.807, 2.05) is 30.1 Å². The van der Waals surface area contributed by atoms with Gasteiger partial charge in [-0.1, -0.05) is 6.07 Å². The third-order valence-corrected chi connectivity index (χ3v) is 2.51. The molecule has 1 heterocycles. The summed E-state index contributed by atoms with van der Waals surface area (Å²) in [6.45, 7) is 0.607. The molecule has 88 valence electrons. The lowest BCUT2D eigenvalue weighted by molar-refractivity contribution is 0.0697. The number of carboxylic acid groups (broad SMARTS) is 1. The standard InChI is InChI=1S/C13H13NO3/c1-14(9-12-6-3-7-17-12)11-5-2-4-10(8-11)13(15)16/h2-8H,9H2,1H3,(H,15,16). The van der Waals surface area contributed by atoms with Gasteiger partial charge in [0.1, 0.15) is 5.76 Å². The first-order chi connectivity index (χ1) is 8.16. The number of nitrogens with zero attached hydrogens (tertiary/aromatic N) is 1. The van der Waals surface area contributed by atoms with Gasteiger partial charge in [-0.2, -0.15) is 0 Å². The molecule has 0 fully saturated rings. The maximum atomic E-state index is 10.9. The van der Waals surface area contributed by atoms with Crippen LogP contribution < -0.4 is 4.90 Å². The molecule has 1 aromatic carbocycles. The lowest BCUT2D eigenvalue weighted by Gasteiger charge is -2.18. The van der Waals surface area contributed by atoms with Gasteiger partial charge in [0.2, 0.25) is 0 Å². The van der Waals surface area contributed by atoms with Gasteiger partial charge in [0.25, 0.3) is 0 Å². The fourth-order valence-electron chi connectivity index (χ4n) is 1.60. The molecule has 0 atom stereocenters. The minimum absolute atomic E-state index is 0.286. The zero-order valence-corrected chi connectivity index (χ0v) is 9.46. The third kappa shape index (κ3) is 2.66. The summed E-state index contributed by atoms with van der Waals surface area (Å²) < 4.78 is 5.25. The highest BCUT2D eigenvalue weighted by Gasteiger charge is 2.07. The molecule has 1 aromatic heterocycles. The smallest absolute Gasteiger partial charge is 0.335 e. The van der Waals surface area contributed by atoms with Gasteiger partial charge in [-0.05, 0) is 30.3 Å². The number of carboxylic acids is 1. The molecule has 1 N–H and O–H groups in total. The Balaban J connectivity index is 2.16. The molecule has 0 amide bonds. The van der Waals surface area contributed by atoms with Gasteiger partial charge in [0.15, 0.2) is 0 Å². The monoisotopic (exact) mass is 231 g/mol. The Morgan fingerprint density at radius 1 is 1.35 bits per heavy atom. The molecule has 0 unspecified atom stereocenters. The Labute approximate surface area is 99.1 Å². The predicted molar refractivity (Wildman–Crippen MR) is 64.2 cm³/mol. The molecule has 0 saturated carbocycles. The lowest BCUT2D eigenvalue weighted by Crippen LogP contribution is -2.16. The van der Waals surface area contributed by atoms with Crippen molar-refractivity contribution in [1.82, 2.24) is 0 Å². The van der Waals surface area contributed by atoms with Crippen molar-refractivity contribution in [2.24, 2.45) is 0 Å². The summed E-state index contributed by atoms with van der Waals surface area (Å²) in [7, 11) is 1.89. The number of carbonyl (C=O) groups is 1. The van der Waals surface area contributed by atoms with Crippen molar-refractivity contribution in [3.05, 3.63) is 54.0 Å². The predicted octanol–water partition coefficient (Wildman–Crippen LogP) is 2.61. The van der Waals surface area contributed by atoms with E-state index in [1.54, 1.807) is 24.5 Å². The average molecular weight is 231 g/mol. The molecule has 4 heteroatoms. The van der Waals surface area contributed by atoms with E-state index in [0.717, 1.165) is 11.4 Å². The van der Waals surface area contributed by atoms with Crippen LogP contribution in [-0.2, 0) is 6.54 Å². The molecule has 4 nitrogen and oxygen atoms in total. The Morgan fingerprint density at radius 2 is 2.18 bits per heavy atom. The molecule has 0 aliphatic heterocycles. The van der Waals surface area contributed by atoms with Crippen LogP contribution in [0.15, 0.2) is 47.1 Å². The first-order valence-electron chi connectivity index (χ1n) is 5.23. The number of hydrogen-bond donors (Lipinski definition) is 1. The van der Waals surface area contributed by atoms with Crippen molar-refractivity contribution >= 4 is 11.7 Å². The highest BCUT2D eigenvalue weighted by atomic mass is 16.4. The summed E-state index contributed by atoms with van der Waals surface area (Å²) in [6, 6.07) is 10.5. The van der Waals surface area contributed by atoms with E-state index in [9.17, 15) is 4.79 Å². The number of furan rings is 1. The molecule has 2 rings (SSSR count). The molecule has 0 radical (unpaired) electrons. The molecule has 0 spiro atoms. The van der Waals surface area contributed by atoms with Crippen molar-refractivity contribution in [1.29, 1.82) is 0 Å². The highest BCUT2D eigenvalue weighted by molar-refractivity contribution is 5.88. The van der Waals surface area contributed by atoms with Crippen LogP contribution in [0.4, 0.5) is 5.69 Å². The Bertz CT molecular complexity index is 505. The summed E-state index contributed by atoms with van der Waals surface area (Å²) in [5, 5.41) is 8.91. The summed E-state index contributed by atoms with van der Waals surface area (Å²) in [6.07, 6.45) is 1.62. The highest BCUT2D eigenvalue weighted by Crippen LogP contribution is 2.17. The summed E-state index contributed by atoms with van der Waals surface area (Å²) >= 11 is 0. The van der Waals surface area contributed by atoms with Crippen molar-refractivity contribution in [3.63, 3.8) is 0 Å². The molecular weight excluding hydrogens is 218 g/mol. The quantitative estimate of drug-likeness (QED) is 0.878. The van der Waals surface area contributed by atoms with Crippen LogP contribution in [0.3, 0.4) is 0 Å². The zero-order valence-electron chi connectivity index (χ0n) is 9.46. The SMILES string of the molecule is CN(Cc1ccco1)c1cccc(C(=O)O)c1. The summed E-state index contributed by atoms with van der Waals surface area (Å²) in [5.74, 6) is -0.0773. The fraction of sp³-hybridized carbons (Fsp3) is 0.154. The van der Waals surface area contributed by atoms with Gasteiger partial charge < -0.3 is 14.4 Å². The zero-order chi connectivity index (χ0) is 12.3. The van der Waals surface area contributed by atoms with Crippen molar-refractivity contribution in [3.8, 4) is 0 Å². The Hall–Kier alpha value is -2.23. The second-order valence-electron chi connectivity index (χ2n) is 3.79. The largest absolute Gasteiger partial charge is 0.478 e. The second kappa shape index (κ2) is 4.74. The van der Waals surface area contributed by atoms with Gasteiger partial charge in [-0.15, -0.1) is 0 Å². The first kappa shape index (κ1) is 11.3. The fourth-order valence-corrected chi connectivity index (χ4v) is 1.60. The van der Waals surface area contributed by atoms with Gasteiger partial charge in [-0.3, -0.25) is 0 Å². The van der Waals surface area contributed by atoms with Crippen LogP contribution in [0, 0.1) is 0 Å². The van der Waals surface area contributed by atoms with Crippen molar-refractivity contribution < 1.29 is 14.3 Å². The van der Waals surface area contributed by atoms with Crippen LogP contribution in [0.2, 0.25) is 0 Å². The van der Waals surface area contributed by atoms with Gasteiger partial charge >= 0.3 is 5.97 Å².